The second kappa shape index (κ2) is 8.54. The number of ether oxygens (including phenoxy) is 1. The van der Waals surface area contributed by atoms with Gasteiger partial charge in [0.1, 0.15) is 0 Å². The number of rotatable bonds is 7. The number of amides is 1. The van der Waals surface area contributed by atoms with Crippen LogP contribution in [0.4, 0.5) is 0 Å². The topological polar surface area (TPSA) is 64.4 Å². The summed E-state index contributed by atoms with van der Waals surface area (Å²) in [6.45, 7) is 7.79. The third kappa shape index (κ3) is 6.39. The van der Waals surface area contributed by atoms with Crippen molar-refractivity contribution in [3.63, 3.8) is 0 Å². The Morgan fingerprint density at radius 3 is 2.47 bits per heavy atom. The minimum Gasteiger partial charge on any atom is -0.381 e. The molecule has 0 aliphatic carbocycles. The van der Waals surface area contributed by atoms with E-state index in [4.69, 9.17) is 10.5 Å². The first-order chi connectivity index (χ1) is 9.00. The van der Waals surface area contributed by atoms with E-state index in [0.29, 0.717) is 5.92 Å². The fraction of sp³-hybridized carbons (Fsp3) is 0.933. The summed E-state index contributed by atoms with van der Waals surface area (Å²) in [7, 11) is 0. The van der Waals surface area contributed by atoms with Gasteiger partial charge in [0.2, 0.25) is 5.91 Å². The van der Waals surface area contributed by atoms with Crippen molar-refractivity contribution in [2.75, 3.05) is 13.2 Å². The van der Waals surface area contributed by atoms with Crippen LogP contribution in [0.2, 0.25) is 0 Å². The van der Waals surface area contributed by atoms with Gasteiger partial charge in [-0.1, -0.05) is 13.3 Å². The molecular formula is C15H30N2O2. The molecule has 1 saturated heterocycles. The second-order valence-electron chi connectivity index (χ2n) is 6.06. The summed E-state index contributed by atoms with van der Waals surface area (Å²) in [5.41, 5.74) is 5.72. The van der Waals surface area contributed by atoms with Crippen LogP contribution >= 0.6 is 0 Å². The Morgan fingerprint density at radius 1 is 1.26 bits per heavy atom. The molecule has 3 atom stereocenters. The van der Waals surface area contributed by atoms with Crippen molar-refractivity contribution in [3.8, 4) is 0 Å². The van der Waals surface area contributed by atoms with Crippen LogP contribution in [0.25, 0.3) is 0 Å². The maximum atomic E-state index is 12.1. The van der Waals surface area contributed by atoms with Gasteiger partial charge in [-0.15, -0.1) is 0 Å². The maximum absolute atomic E-state index is 12.1. The van der Waals surface area contributed by atoms with E-state index in [1.54, 1.807) is 0 Å². The van der Waals surface area contributed by atoms with Gasteiger partial charge < -0.3 is 15.8 Å². The van der Waals surface area contributed by atoms with Crippen LogP contribution in [0.15, 0.2) is 0 Å². The lowest BCUT2D eigenvalue weighted by Gasteiger charge is -2.29. The van der Waals surface area contributed by atoms with Gasteiger partial charge in [-0.05, 0) is 45.4 Å². The molecule has 0 saturated carbocycles. The molecule has 4 heteroatoms. The Labute approximate surface area is 117 Å². The van der Waals surface area contributed by atoms with E-state index >= 15 is 0 Å². The average molecular weight is 270 g/mol. The highest BCUT2D eigenvalue weighted by Crippen LogP contribution is 2.19. The first-order valence-corrected chi connectivity index (χ1v) is 7.64. The molecule has 0 radical (unpaired) electrons. The lowest BCUT2D eigenvalue weighted by atomic mass is 9.92. The van der Waals surface area contributed by atoms with Crippen molar-refractivity contribution in [2.45, 2.75) is 65.0 Å². The Kier molecular flexibility index (Phi) is 7.39. The fourth-order valence-electron chi connectivity index (χ4n) is 2.58. The Balaban J connectivity index is 2.24. The molecule has 1 aliphatic rings. The number of nitrogens with two attached hydrogens (primary N) is 1. The van der Waals surface area contributed by atoms with Gasteiger partial charge in [0.05, 0.1) is 0 Å². The normalized spacial score (nSPS) is 21.7. The average Bonchev–Trinajstić information content (AvgIpc) is 2.39. The minimum absolute atomic E-state index is 0.0843. The molecule has 0 aromatic carbocycles. The third-order valence-corrected chi connectivity index (χ3v) is 4.09. The van der Waals surface area contributed by atoms with Crippen molar-refractivity contribution >= 4 is 5.91 Å². The van der Waals surface area contributed by atoms with Crippen LogP contribution in [-0.4, -0.2) is 31.2 Å². The zero-order valence-corrected chi connectivity index (χ0v) is 12.7. The molecule has 1 aliphatic heterocycles. The Bertz CT molecular complexity index is 263. The van der Waals surface area contributed by atoms with Crippen LogP contribution in [-0.2, 0) is 9.53 Å². The highest BCUT2D eigenvalue weighted by Gasteiger charge is 2.23. The maximum Gasteiger partial charge on any atom is 0.223 e. The van der Waals surface area contributed by atoms with Crippen molar-refractivity contribution in [1.29, 1.82) is 0 Å². The third-order valence-electron chi connectivity index (χ3n) is 4.09. The lowest BCUT2D eigenvalue weighted by Crippen LogP contribution is -2.42. The van der Waals surface area contributed by atoms with Crippen LogP contribution in [0.1, 0.15) is 52.9 Å². The highest BCUT2D eigenvalue weighted by atomic mass is 16.5. The number of hydrogen-bond donors (Lipinski definition) is 2. The Hall–Kier alpha value is -0.610. The first kappa shape index (κ1) is 16.4. The van der Waals surface area contributed by atoms with Gasteiger partial charge in [0.25, 0.3) is 0 Å². The molecule has 3 unspecified atom stereocenters. The zero-order chi connectivity index (χ0) is 14.3. The summed E-state index contributed by atoms with van der Waals surface area (Å²) < 4.78 is 5.35. The van der Waals surface area contributed by atoms with Crippen molar-refractivity contribution in [2.24, 2.45) is 17.6 Å². The van der Waals surface area contributed by atoms with E-state index < -0.39 is 0 Å². The van der Waals surface area contributed by atoms with Gasteiger partial charge in [0, 0.05) is 31.2 Å². The summed E-state index contributed by atoms with van der Waals surface area (Å²) >= 11 is 0. The molecule has 0 bridgehead atoms. The smallest absolute Gasteiger partial charge is 0.223 e. The summed E-state index contributed by atoms with van der Waals surface area (Å²) in [6.07, 6.45) is 5.06. The molecule has 112 valence electrons. The zero-order valence-electron chi connectivity index (χ0n) is 12.7. The van der Waals surface area contributed by atoms with Crippen molar-refractivity contribution < 1.29 is 9.53 Å². The number of carbonyl (C=O) groups is 1. The van der Waals surface area contributed by atoms with E-state index in [9.17, 15) is 4.79 Å². The van der Waals surface area contributed by atoms with Gasteiger partial charge in [-0.2, -0.15) is 0 Å². The van der Waals surface area contributed by atoms with Gasteiger partial charge in [-0.25, -0.2) is 0 Å². The van der Waals surface area contributed by atoms with Gasteiger partial charge >= 0.3 is 0 Å². The number of carbonyl (C=O) groups excluding carboxylic acids is 1. The summed E-state index contributed by atoms with van der Waals surface area (Å²) in [5, 5.41) is 3.16. The molecule has 0 aromatic heterocycles. The molecule has 1 heterocycles. The fourth-order valence-corrected chi connectivity index (χ4v) is 2.58. The first-order valence-electron chi connectivity index (χ1n) is 7.64. The lowest BCUT2D eigenvalue weighted by molar-refractivity contribution is -0.126. The number of nitrogens with one attached hydrogen (secondary N) is 1. The molecule has 0 aromatic rings. The second-order valence-corrected chi connectivity index (χ2v) is 6.06. The van der Waals surface area contributed by atoms with E-state index in [1.165, 1.54) is 0 Å². The standard InChI is InChI=1S/C15H30N2O2/c1-11(5-4-6-12(2)16)15(18)17-13(3)14-7-9-19-10-8-14/h11-14H,4-10,16H2,1-3H3,(H,17,18). The summed E-state index contributed by atoms with van der Waals surface area (Å²) in [5.74, 6) is 0.832. The molecule has 3 N–H and O–H groups in total. The molecule has 19 heavy (non-hydrogen) atoms. The molecule has 1 amide bonds. The molecule has 1 rings (SSSR count). The Morgan fingerprint density at radius 2 is 1.89 bits per heavy atom. The molecule has 0 spiro atoms. The van der Waals surface area contributed by atoms with Gasteiger partial charge in [0.15, 0.2) is 0 Å². The summed E-state index contributed by atoms with van der Waals surface area (Å²) in [4.78, 5) is 12.1. The minimum atomic E-state index is 0.0843. The van der Waals surface area contributed by atoms with E-state index in [0.717, 1.165) is 45.3 Å². The van der Waals surface area contributed by atoms with E-state index in [2.05, 4.69) is 12.2 Å². The van der Waals surface area contributed by atoms with Crippen LogP contribution in [0, 0.1) is 11.8 Å². The van der Waals surface area contributed by atoms with Crippen LogP contribution < -0.4 is 11.1 Å². The van der Waals surface area contributed by atoms with E-state index in [-0.39, 0.29) is 23.9 Å². The SMILES string of the molecule is CC(N)CCCC(C)C(=O)NC(C)C1CCOCC1. The molecule has 1 fully saturated rings. The highest BCUT2D eigenvalue weighted by molar-refractivity contribution is 5.78. The quantitative estimate of drug-likeness (QED) is 0.744. The molecule has 4 nitrogen and oxygen atoms in total. The van der Waals surface area contributed by atoms with Crippen molar-refractivity contribution in [1.82, 2.24) is 5.32 Å². The van der Waals surface area contributed by atoms with Crippen molar-refractivity contribution in [3.05, 3.63) is 0 Å². The van der Waals surface area contributed by atoms with Crippen LogP contribution in [0.3, 0.4) is 0 Å². The largest absolute Gasteiger partial charge is 0.381 e. The monoisotopic (exact) mass is 270 g/mol. The van der Waals surface area contributed by atoms with Gasteiger partial charge in [-0.3, -0.25) is 4.79 Å². The summed E-state index contributed by atoms with van der Waals surface area (Å²) in [6, 6.07) is 0.490. The predicted octanol–water partition coefficient (Wildman–Crippen LogP) is 2.07. The molecular weight excluding hydrogens is 240 g/mol. The predicted molar refractivity (Wildman–Crippen MR) is 77.8 cm³/mol. The van der Waals surface area contributed by atoms with E-state index in [1.807, 2.05) is 13.8 Å². The number of hydrogen-bond acceptors (Lipinski definition) is 3. The van der Waals surface area contributed by atoms with Crippen LogP contribution in [0.5, 0.6) is 0 Å².